The number of aryl methyl sites for hydroxylation is 1. The maximum absolute atomic E-state index is 12.9. The van der Waals surface area contributed by atoms with E-state index in [-0.39, 0.29) is 11.5 Å². The molecule has 0 spiro atoms. The predicted molar refractivity (Wildman–Crippen MR) is 119 cm³/mol. The topological polar surface area (TPSA) is 74.8 Å². The highest BCUT2D eigenvalue weighted by molar-refractivity contribution is 7.99. The van der Waals surface area contributed by atoms with Gasteiger partial charge < -0.3 is 9.30 Å². The van der Waals surface area contributed by atoms with E-state index in [0.717, 1.165) is 27.8 Å². The van der Waals surface area contributed by atoms with Crippen LogP contribution in [0.5, 0.6) is 5.75 Å². The molecular weight excluding hydrogens is 418 g/mol. The van der Waals surface area contributed by atoms with Crippen LogP contribution in [0.1, 0.15) is 21.7 Å². The zero-order valence-corrected chi connectivity index (χ0v) is 18.8. The summed E-state index contributed by atoms with van der Waals surface area (Å²) in [7, 11) is 3.52. The minimum Gasteiger partial charge on any atom is -0.496 e. The molecule has 30 heavy (non-hydrogen) atoms. The molecule has 0 aliphatic carbocycles. The van der Waals surface area contributed by atoms with Gasteiger partial charge in [-0.15, -0.1) is 21.5 Å². The van der Waals surface area contributed by atoms with Crippen LogP contribution in [0.2, 0.25) is 0 Å². The molecule has 0 radical (unpaired) electrons. The van der Waals surface area contributed by atoms with E-state index in [4.69, 9.17) is 4.74 Å². The van der Waals surface area contributed by atoms with Gasteiger partial charge in [0, 0.05) is 35.6 Å². The zero-order chi connectivity index (χ0) is 21.3. The lowest BCUT2D eigenvalue weighted by Crippen LogP contribution is -2.06. The number of carbonyl (C=O) groups excluding carboxylic acids is 1. The van der Waals surface area contributed by atoms with Crippen LogP contribution < -0.4 is 4.74 Å². The predicted octanol–water partition coefficient (Wildman–Crippen LogP) is 4.33. The summed E-state index contributed by atoms with van der Waals surface area (Å²) in [6.45, 7) is 3.94. The molecule has 0 saturated heterocycles. The minimum atomic E-state index is 0.0535. The highest BCUT2D eigenvalue weighted by Gasteiger charge is 2.20. The van der Waals surface area contributed by atoms with Crippen LogP contribution in [0.3, 0.4) is 0 Å². The molecule has 154 valence electrons. The van der Waals surface area contributed by atoms with Gasteiger partial charge in [0.15, 0.2) is 21.9 Å². The summed E-state index contributed by atoms with van der Waals surface area (Å²) >= 11 is 2.93. The summed E-state index contributed by atoms with van der Waals surface area (Å²) in [6, 6.07) is 9.60. The molecule has 0 bridgehead atoms. The second-order valence-corrected chi connectivity index (χ2v) is 8.53. The third kappa shape index (κ3) is 3.66. The van der Waals surface area contributed by atoms with E-state index in [1.807, 2.05) is 65.7 Å². The van der Waals surface area contributed by atoms with Crippen molar-refractivity contribution in [3.8, 4) is 22.3 Å². The summed E-state index contributed by atoms with van der Waals surface area (Å²) in [4.78, 5) is 17.3. The average molecular weight is 440 g/mol. The van der Waals surface area contributed by atoms with Crippen molar-refractivity contribution < 1.29 is 9.53 Å². The third-order valence-electron chi connectivity index (χ3n) is 4.86. The van der Waals surface area contributed by atoms with Crippen LogP contribution in [-0.2, 0) is 7.05 Å². The van der Waals surface area contributed by atoms with Gasteiger partial charge in [0.1, 0.15) is 5.75 Å². The van der Waals surface area contributed by atoms with Crippen molar-refractivity contribution in [2.45, 2.75) is 19.0 Å². The number of methoxy groups -OCH3 is 1. The number of thiazole rings is 1. The number of para-hydroxylation sites is 1. The van der Waals surface area contributed by atoms with E-state index in [1.54, 1.807) is 24.6 Å². The van der Waals surface area contributed by atoms with Gasteiger partial charge in [-0.2, -0.15) is 0 Å². The Balaban J connectivity index is 1.53. The maximum Gasteiger partial charge on any atom is 0.193 e. The molecule has 0 atom stereocenters. The molecule has 0 fully saturated rings. The first-order valence-corrected chi connectivity index (χ1v) is 11.2. The molecule has 0 saturated carbocycles. The first-order chi connectivity index (χ1) is 14.5. The van der Waals surface area contributed by atoms with E-state index in [0.29, 0.717) is 16.5 Å². The van der Waals surface area contributed by atoms with Crippen LogP contribution in [0.15, 0.2) is 47.1 Å². The summed E-state index contributed by atoms with van der Waals surface area (Å²) in [6.07, 6.45) is 1.77. The normalized spacial score (nSPS) is 11.1. The van der Waals surface area contributed by atoms with Gasteiger partial charge in [0.05, 0.1) is 18.4 Å². The van der Waals surface area contributed by atoms with Gasteiger partial charge in [0.2, 0.25) is 0 Å². The molecule has 9 heteroatoms. The fourth-order valence-electron chi connectivity index (χ4n) is 3.38. The van der Waals surface area contributed by atoms with E-state index in [9.17, 15) is 4.79 Å². The van der Waals surface area contributed by atoms with Crippen LogP contribution in [0.25, 0.3) is 16.5 Å². The van der Waals surface area contributed by atoms with Crippen LogP contribution >= 0.6 is 23.1 Å². The van der Waals surface area contributed by atoms with Crippen LogP contribution in [0, 0.1) is 13.8 Å². The van der Waals surface area contributed by atoms with Crippen molar-refractivity contribution in [1.82, 2.24) is 24.3 Å². The lowest BCUT2D eigenvalue weighted by molar-refractivity contribution is 0.102. The SMILES string of the molecule is COc1ccccc1-c1nnc(SCC(=O)c2cc(C)n(-c3nccs3)c2C)n1C. The number of thioether (sulfide) groups is 1. The number of ketones is 1. The number of hydrogen-bond acceptors (Lipinski definition) is 7. The first-order valence-electron chi connectivity index (χ1n) is 9.28. The smallest absolute Gasteiger partial charge is 0.193 e. The van der Waals surface area contributed by atoms with Crippen molar-refractivity contribution in [1.29, 1.82) is 0 Å². The number of ether oxygens (including phenoxy) is 1. The fraction of sp³-hybridized carbons (Fsp3) is 0.238. The summed E-state index contributed by atoms with van der Waals surface area (Å²) in [5.74, 6) is 1.76. The van der Waals surface area contributed by atoms with Gasteiger partial charge in [-0.25, -0.2) is 4.98 Å². The Labute approximate surface area is 182 Å². The van der Waals surface area contributed by atoms with Crippen molar-refractivity contribution in [2.24, 2.45) is 7.05 Å². The monoisotopic (exact) mass is 439 g/mol. The molecular formula is C21H21N5O2S2. The minimum absolute atomic E-state index is 0.0535. The molecule has 3 heterocycles. The number of rotatable bonds is 7. The summed E-state index contributed by atoms with van der Waals surface area (Å²) in [5, 5.41) is 12.1. The standard InChI is InChI=1S/C21H21N5O2S2/c1-13-11-16(14(2)26(13)20-22-9-10-29-20)17(27)12-30-21-24-23-19(25(21)3)15-7-5-6-8-18(15)28-4/h5-11H,12H2,1-4H3. The van der Waals surface area contributed by atoms with E-state index < -0.39 is 0 Å². The summed E-state index contributed by atoms with van der Waals surface area (Å²) < 4.78 is 9.33. The van der Waals surface area contributed by atoms with Gasteiger partial charge in [0.25, 0.3) is 0 Å². The molecule has 4 rings (SSSR count). The lowest BCUT2D eigenvalue weighted by Gasteiger charge is -2.08. The Bertz CT molecular complexity index is 1190. The molecule has 7 nitrogen and oxygen atoms in total. The largest absolute Gasteiger partial charge is 0.496 e. The average Bonchev–Trinajstić information content (AvgIpc) is 3.46. The Kier molecular flexibility index (Phi) is 5.74. The molecule has 0 unspecified atom stereocenters. The number of nitrogens with zero attached hydrogens (tertiary/aromatic N) is 5. The van der Waals surface area contributed by atoms with E-state index in [1.165, 1.54) is 11.8 Å². The van der Waals surface area contributed by atoms with Crippen LogP contribution in [0.4, 0.5) is 0 Å². The Morgan fingerprint density at radius 1 is 1.23 bits per heavy atom. The highest BCUT2D eigenvalue weighted by Crippen LogP contribution is 2.30. The molecule has 1 aromatic carbocycles. The second-order valence-electron chi connectivity index (χ2n) is 6.71. The Hall–Kier alpha value is -2.91. The summed E-state index contributed by atoms with van der Waals surface area (Å²) in [5.41, 5.74) is 3.47. The van der Waals surface area contributed by atoms with Crippen molar-refractivity contribution in [3.05, 3.63) is 58.9 Å². The number of carbonyl (C=O) groups is 1. The van der Waals surface area contributed by atoms with E-state index >= 15 is 0 Å². The number of hydrogen-bond donors (Lipinski definition) is 0. The van der Waals surface area contributed by atoms with Crippen molar-refractivity contribution >= 4 is 28.9 Å². The van der Waals surface area contributed by atoms with Gasteiger partial charge in [-0.05, 0) is 32.0 Å². The molecule has 0 amide bonds. The maximum atomic E-state index is 12.9. The first kappa shape index (κ1) is 20.4. The molecule has 3 aromatic heterocycles. The lowest BCUT2D eigenvalue weighted by atomic mass is 10.2. The van der Waals surface area contributed by atoms with Crippen molar-refractivity contribution in [3.63, 3.8) is 0 Å². The van der Waals surface area contributed by atoms with Gasteiger partial charge in [-0.3, -0.25) is 9.36 Å². The van der Waals surface area contributed by atoms with Gasteiger partial charge in [-0.1, -0.05) is 23.9 Å². The molecule has 4 aromatic rings. The number of benzene rings is 1. The fourth-order valence-corrected chi connectivity index (χ4v) is 4.92. The Morgan fingerprint density at radius 2 is 2.03 bits per heavy atom. The molecule has 0 N–H and O–H groups in total. The van der Waals surface area contributed by atoms with Crippen molar-refractivity contribution in [2.75, 3.05) is 12.9 Å². The third-order valence-corrected chi connectivity index (χ3v) is 6.63. The van der Waals surface area contributed by atoms with E-state index in [2.05, 4.69) is 15.2 Å². The quantitative estimate of drug-likeness (QED) is 0.315. The molecule has 0 aliphatic heterocycles. The number of Topliss-reactive ketones (excluding diaryl/α,β-unsaturated/α-hetero) is 1. The van der Waals surface area contributed by atoms with Crippen LogP contribution in [-0.4, -0.2) is 43.0 Å². The zero-order valence-electron chi connectivity index (χ0n) is 17.1. The highest BCUT2D eigenvalue weighted by atomic mass is 32.2. The number of aromatic nitrogens is 5. The second kappa shape index (κ2) is 8.45. The Morgan fingerprint density at radius 3 is 2.77 bits per heavy atom. The van der Waals surface area contributed by atoms with Gasteiger partial charge >= 0.3 is 0 Å². The molecule has 0 aliphatic rings.